The molecule has 1 aromatic carbocycles. The monoisotopic (exact) mass is 230 g/mol. The van der Waals surface area contributed by atoms with Crippen molar-refractivity contribution in [2.45, 2.75) is 25.9 Å². The summed E-state index contributed by atoms with van der Waals surface area (Å²) < 4.78 is 13.3. The molecule has 0 radical (unpaired) electrons. The van der Waals surface area contributed by atoms with Gasteiger partial charge in [0.2, 0.25) is 0 Å². The highest BCUT2D eigenvalue weighted by atomic mass is 35.5. The van der Waals surface area contributed by atoms with Gasteiger partial charge in [0.15, 0.2) is 0 Å². The maximum absolute atomic E-state index is 13.3. The zero-order chi connectivity index (χ0) is 11.5. The SMILES string of the molecule is CC(C)(N)CNCc1cc(Cl)ccc1F. The third-order valence-corrected chi connectivity index (χ3v) is 2.14. The summed E-state index contributed by atoms with van der Waals surface area (Å²) in [4.78, 5) is 0. The zero-order valence-corrected chi connectivity index (χ0v) is 9.74. The molecule has 0 unspecified atom stereocenters. The average Bonchev–Trinajstić information content (AvgIpc) is 2.09. The van der Waals surface area contributed by atoms with Crippen molar-refractivity contribution in [3.05, 3.63) is 34.6 Å². The molecular formula is C11H16ClFN2. The van der Waals surface area contributed by atoms with Gasteiger partial charge < -0.3 is 11.1 Å². The molecule has 0 amide bonds. The molecule has 4 heteroatoms. The maximum Gasteiger partial charge on any atom is 0.127 e. The molecule has 1 rings (SSSR count). The van der Waals surface area contributed by atoms with Gasteiger partial charge in [0.25, 0.3) is 0 Å². The number of halogens is 2. The average molecular weight is 231 g/mol. The van der Waals surface area contributed by atoms with Crippen molar-refractivity contribution in [2.75, 3.05) is 6.54 Å². The first kappa shape index (κ1) is 12.4. The fraction of sp³-hybridized carbons (Fsp3) is 0.455. The van der Waals surface area contributed by atoms with E-state index in [9.17, 15) is 4.39 Å². The predicted molar refractivity (Wildman–Crippen MR) is 61.4 cm³/mol. The van der Waals surface area contributed by atoms with Crippen LogP contribution < -0.4 is 11.1 Å². The van der Waals surface area contributed by atoms with Crippen molar-refractivity contribution in [3.63, 3.8) is 0 Å². The van der Waals surface area contributed by atoms with Gasteiger partial charge in [-0.3, -0.25) is 0 Å². The Labute approximate surface area is 94.6 Å². The fourth-order valence-electron chi connectivity index (χ4n) is 1.20. The number of benzene rings is 1. The van der Waals surface area contributed by atoms with Crippen molar-refractivity contribution >= 4 is 11.6 Å². The Bertz CT molecular complexity index is 334. The van der Waals surface area contributed by atoms with Gasteiger partial charge in [-0.1, -0.05) is 11.6 Å². The second kappa shape index (κ2) is 4.92. The van der Waals surface area contributed by atoms with Gasteiger partial charge in [0, 0.05) is 29.2 Å². The van der Waals surface area contributed by atoms with Crippen LogP contribution in [0.5, 0.6) is 0 Å². The first-order chi connectivity index (χ1) is 6.88. The molecule has 0 fully saturated rings. The second-order valence-corrected chi connectivity index (χ2v) is 4.76. The number of nitrogens with two attached hydrogens (primary N) is 1. The molecule has 0 aromatic heterocycles. The molecule has 15 heavy (non-hydrogen) atoms. The highest BCUT2D eigenvalue weighted by Gasteiger charge is 2.10. The van der Waals surface area contributed by atoms with Gasteiger partial charge >= 0.3 is 0 Å². The molecule has 0 atom stereocenters. The number of nitrogens with one attached hydrogen (secondary N) is 1. The summed E-state index contributed by atoms with van der Waals surface area (Å²) in [6.45, 7) is 4.88. The molecule has 3 N–H and O–H groups in total. The van der Waals surface area contributed by atoms with Crippen LogP contribution in [0.1, 0.15) is 19.4 Å². The summed E-state index contributed by atoms with van der Waals surface area (Å²) >= 11 is 5.77. The topological polar surface area (TPSA) is 38.0 Å². The Morgan fingerprint density at radius 2 is 2.13 bits per heavy atom. The van der Waals surface area contributed by atoms with Crippen LogP contribution in [0.4, 0.5) is 4.39 Å². The van der Waals surface area contributed by atoms with Crippen LogP contribution in [0.2, 0.25) is 5.02 Å². The van der Waals surface area contributed by atoms with Gasteiger partial charge in [0.05, 0.1) is 0 Å². The van der Waals surface area contributed by atoms with E-state index in [1.807, 2.05) is 13.8 Å². The summed E-state index contributed by atoms with van der Waals surface area (Å²) in [6, 6.07) is 4.52. The largest absolute Gasteiger partial charge is 0.324 e. The van der Waals surface area contributed by atoms with Gasteiger partial charge in [-0.15, -0.1) is 0 Å². The van der Waals surface area contributed by atoms with Gasteiger partial charge in [-0.25, -0.2) is 4.39 Å². The van der Waals surface area contributed by atoms with Gasteiger partial charge in [-0.05, 0) is 32.0 Å². The van der Waals surface area contributed by atoms with E-state index in [0.717, 1.165) is 0 Å². The fourth-order valence-corrected chi connectivity index (χ4v) is 1.39. The van der Waals surface area contributed by atoms with E-state index in [4.69, 9.17) is 17.3 Å². The molecule has 0 bridgehead atoms. The highest BCUT2D eigenvalue weighted by molar-refractivity contribution is 6.30. The van der Waals surface area contributed by atoms with Crippen LogP contribution in [0.25, 0.3) is 0 Å². The minimum Gasteiger partial charge on any atom is -0.324 e. The van der Waals surface area contributed by atoms with Crippen molar-refractivity contribution in [1.29, 1.82) is 0 Å². The van der Waals surface area contributed by atoms with E-state index in [1.54, 1.807) is 6.07 Å². The Balaban J connectivity index is 2.54. The number of hydrogen-bond acceptors (Lipinski definition) is 2. The maximum atomic E-state index is 13.3. The lowest BCUT2D eigenvalue weighted by Gasteiger charge is -2.19. The normalized spacial score (nSPS) is 11.8. The lowest BCUT2D eigenvalue weighted by atomic mass is 10.1. The molecule has 0 aliphatic rings. The Morgan fingerprint density at radius 1 is 1.47 bits per heavy atom. The van der Waals surface area contributed by atoms with E-state index in [0.29, 0.717) is 23.7 Å². The third-order valence-electron chi connectivity index (χ3n) is 1.90. The van der Waals surface area contributed by atoms with Crippen LogP contribution in [0.15, 0.2) is 18.2 Å². The van der Waals surface area contributed by atoms with Crippen molar-refractivity contribution in [1.82, 2.24) is 5.32 Å². The molecule has 0 saturated heterocycles. The van der Waals surface area contributed by atoms with E-state index in [2.05, 4.69) is 5.32 Å². The van der Waals surface area contributed by atoms with Crippen LogP contribution in [-0.4, -0.2) is 12.1 Å². The molecule has 0 aliphatic carbocycles. The molecule has 0 spiro atoms. The van der Waals surface area contributed by atoms with E-state index in [1.165, 1.54) is 12.1 Å². The first-order valence-corrected chi connectivity index (χ1v) is 5.20. The summed E-state index contributed by atoms with van der Waals surface area (Å²) in [6.07, 6.45) is 0. The van der Waals surface area contributed by atoms with Crippen LogP contribution in [-0.2, 0) is 6.54 Å². The van der Waals surface area contributed by atoms with Crippen LogP contribution in [0, 0.1) is 5.82 Å². The Kier molecular flexibility index (Phi) is 4.08. The van der Waals surface area contributed by atoms with Crippen LogP contribution in [0.3, 0.4) is 0 Å². The summed E-state index contributed by atoms with van der Waals surface area (Å²) in [5.74, 6) is -0.248. The lowest BCUT2D eigenvalue weighted by Crippen LogP contribution is -2.42. The standard InChI is InChI=1S/C11H16ClFN2/c1-11(2,14)7-15-6-8-5-9(12)3-4-10(8)13/h3-5,15H,6-7,14H2,1-2H3. The lowest BCUT2D eigenvalue weighted by molar-refractivity contribution is 0.462. The third kappa shape index (κ3) is 4.60. The second-order valence-electron chi connectivity index (χ2n) is 4.33. The number of hydrogen-bond donors (Lipinski definition) is 2. The summed E-state index contributed by atoms with van der Waals surface area (Å²) in [7, 11) is 0. The summed E-state index contributed by atoms with van der Waals surface area (Å²) in [5, 5.41) is 3.63. The quantitative estimate of drug-likeness (QED) is 0.833. The van der Waals surface area contributed by atoms with E-state index >= 15 is 0 Å². The van der Waals surface area contributed by atoms with Crippen molar-refractivity contribution in [2.24, 2.45) is 5.73 Å². The Morgan fingerprint density at radius 3 is 2.73 bits per heavy atom. The van der Waals surface area contributed by atoms with Crippen molar-refractivity contribution in [3.8, 4) is 0 Å². The molecular weight excluding hydrogens is 215 g/mol. The molecule has 2 nitrogen and oxygen atoms in total. The minimum atomic E-state index is -0.297. The minimum absolute atomic E-state index is 0.248. The van der Waals surface area contributed by atoms with Crippen molar-refractivity contribution < 1.29 is 4.39 Å². The van der Waals surface area contributed by atoms with E-state index in [-0.39, 0.29) is 11.4 Å². The highest BCUT2D eigenvalue weighted by Crippen LogP contribution is 2.14. The smallest absolute Gasteiger partial charge is 0.127 e. The molecule has 84 valence electrons. The van der Waals surface area contributed by atoms with E-state index < -0.39 is 0 Å². The van der Waals surface area contributed by atoms with Gasteiger partial charge in [-0.2, -0.15) is 0 Å². The van der Waals surface area contributed by atoms with Gasteiger partial charge in [0.1, 0.15) is 5.82 Å². The molecule has 1 aromatic rings. The zero-order valence-electron chi connectivity index (χ0n) is 8.98. The predicted octanol–water partition coefficient (Wildman–Crippen LogP) is 2.31. The molecule has 0 heterocycles. The Hall–Kier alpha value is -0.640. The summed E-state index contributed by atoms with van der Waals surface area (Å²) in [5.41, 5.74) is 6.05. The molecule has 0 aliphatic heterocycles. The molecule has 0 saturated carbocycles. The number of rotatable bonds is 4. The first-order valence-electron chi connectivity index (χ1n) is 4.82. The van der Waals surface area contributed by atoms with Crippen LogP contribution >= 0.6 is 11.6 Å².